The molecule has 0 fully saturated rings. The highest BCUT2D eigenvalue weighted by atomic mass is 35.5. The van der Waals surface area contributed by atoms with Gasteiger partial charge in [0.2, 0.25) is 10.0 Å². The van der Waals surface area contributed by atoms with E-state index in [1.54, 1.807) is 30.3 Å². The quantitative estimate of drug-likeness (QED) is 0.719. The molecule has 21 heavy (non-hydrogen) atoms. The van der Waals surface area contributed by atoms with E-state index >= 15 is 0 Å². The van der Waals surface area contributed by atoms with Crippen molar-refractivity contribution in [2.24, 2.45) is 5.92 Å². The van der Waals surface area contributed by atoms with Gasteiger partial charge in [0.1, 0.15) is 0 Å². The lowest BCUT2D eigenvalue weighted by atomic mass is 9.92. The third kappa shape index (κ3) is 5.58. The molecular formula is C15H24ClNO3S. The van der Waals surface area contributed by atoms with E-state index in [-0.39, 0.29) is 16.2 Å². The summed E-state index contributed by atoms with van der Waals surface area (Å²) < 4.78 is 27.5. The lowest BCUT2D eigenvalue weighted by Crippen LogP contribution is -2.44. The molecular weight excluding hydrogens is 310 g/mol. The predicted octanol–water partition coefficient (Wildman–Crippen LogP) is 2.76. The summed E-state index contributed by atoms with van der Waals surface area (Å²) in [6, 6.07) is 7.81. The summed E-state index contributed by atoms with van der Waals surface area (Å²) in [7, 11) is -3.61. The van der Waals surface area contributed by atoms with Crippen LogP contribution in [-0.4, -0.2) is 31.0 Å². The van der Waals surface area contributed by atoms with Gasteiger partial charge in [-0.25, -0.2) is 13.1 Å². The van der Waals surface area contributed by atoms with Crippen LogP contribution in [0.4, 0.5) is 0 Å². The Morgan fingerprint density at radius 1 is 1.24 bits per heavy atom. The second-order valence-electron chi connectivity index (χ2n) is 5.39. The van der Waals surface area contributed by atoms with E-state index in [1.165, 1.54) is 0 Å². The fraction of sp³-hybridized carbons (Fsp3) is 0.600. The molecule has 0 saturated heterocycles. The van der Waals surface area contributed by atoms with Crippen molar-refractivity contribution < 1.29 is 13.5 Å². The molecule has 4 nitrogen and oxygen atoms in total. The number of aliphatic hydroxyl groups excluding tert-OH is 1. The molecule has 0 spiro atoms. The Labute approximate surface area is 132 Å². The Balaban J connectivity index is 2.95. The number of halogens is 1. The van der Waals surface area contributed by atoms with E-state index in [0.717, 1.165) is 0 Å². The summed E-state index contributed by atoms with van der Waals surface area (Å²) >= 11 is 6.02. The first-order valence-corrected chi connectivity index (χ1v) is 9.09. The van der Waals surface area contributed by atoms with Crippen LogP contribution in [0.2, 0.25) is 0 Å². The van der Waals surface area contributed by atoms with E-state index < -0.39 is 22.2 Å². The van der Waals surface area contributed by atoms with Gasteiger partial charge in [0.15, 0.2) is 0 Å². The molecule has 2 N–H and O–H groups in total. The molecule has 0 saturated carbocycles. The molecule has 0 aliphatic rings. The summed E-state index contributed by atoms with van der Waals surface area (Å²) in [5.74, 6) is -0.213. The first kappa shape index (κ1) is 18.4. The number of sulfonamides is 1. The number of rotatable bonds is 8. The van der Waals surface area contributed by atoms with Crippen molar-refractivity contribution in [1.82, 2.24) is 4.72 Å². The summed E-state index contributed by atoms with van der Waals surface area (Å²) in [6.45, 7) is 5.52. The second-order valence-corrected chi connectivity index (χ2v) is 7.85. The molecule has 0 radical (unpaired) electrons. The minimum atomic E-state index is -3.61. The molecule has 1 aromatic carbocycles. The van der Waals surface area contributed by atoms with Crippen molar-refractivity contribution in [3.63, 3.8) is 0 Å². The largest absolute Gasteiger partial charge is 0.393 e. The minimum absolute atomic E-state index is 0.181. The van der Waals surface area contributed by atoms with Crippen LogP contribution in [0.3, 0.4) is 0 Å². The summed E-state index contributed by atoms with van der Waals surface area (Å²) in [5.41, 5.74) is 0. The predicted molar refractivity (Wildman–Crippen MR) is 85.9 cm³/mol. The molecule has 1 rings (SSSR count). The Morgan fingerprint density at radius 2 is 1.81 bits per heavy atom. The lowest BCUT2D eigenvalue weighted by molar-refractivity contribution is 0.0933. The van der Waals surface area contributed by atoms with Gasteiger partial charge in [0.05, 0.1) is 11.0 Å². The van der Waals surface area contributed by atoms with Gasteiger partial charge < -0.3 is 5.11 Å². The maximum absolute atomic E-state index is 12.4. The van der Waals surface area contributed by atoms with Gasteiger partial charge in [-0.15, -0.1) is 11.6 Å². The second kappa shape index (κ2) is 8.13. The highest BCUT2D eigenvalue weighted by molar-refractivity contribution is 7.89. The monoisotopic (exact) mass is 333 g/mol. The average Bonchev–Trinajstić information content (AvgIpc) is 2.45. The van der Waals surface area contributed by atoms with Crippen molar-refractivity contribution in [2.75, 3.05) is 0 Å². The van der Waals surface area contributed by atoms with Crippen molar-refractivity contribution >= 4 is 21.6 Å². The molecule has 0 heterocycles. The number of nitrogens with one attached hydrogen (secondary N) is 1. The van der Waals surface area contributed by atoms with Gasteiger partial charge in [-0.1, -0.05) is 32.0 Å². The number of hydrogen-bond donors (Lipinski definition) is 2. The molecule has 0 amide bonds. The van der Waals surface area contributed by atoms with Gasteiger partial charge in [-0.2, -0.15) is 0 Å². The van der Waals surface area contributed by atoms with Gasteiger partial charge >= 0.3 is 0 Å². The summed E-state index contributed by atoms with van der Waals surface area (Å²) in [6.07, 6.45) is 0.469. The highest BCUT2D eigenvalue weighted by Gasteiger charge is 2.29. The Morgan fingerprint density at radius 3 is 2.29 bits per heavy atom. The first-order valence-electron chi connectivity index (χ1n) is 7.17. The first-order chi connectivity index (χ1) is 9.77. The van der Waals surface area contributed by atoms with E-state index in [4.69, 9.17) is 11.6 Å². The molecule has 1 aromatic rings. The SMILES string of the molecule is CC[C@H](O)[C@@H](C)C(CC(C)Cl)NS(=O)(=O)c1ccccc1. The van der Waals surface area contributed by atoms with E-state index in [9.17, 15) is 13.5 Å². The van der Waals surface area contributed by atoms with E-state index in [2.05, 4.69) is 4.72 Å². The van der Waals surface area contributed by atoms with Gasteiger partial charge in [0, 0.05) is 11.4 Å². The molecule has 0 aromatic heterocycles. The van der Waals surface area contributed by atoms with Crippen molar-refractivity contribution in [3.8, 4) is 0 Å². The third-order valence-corrected chi connectivity index (χ3v) is 5.28. The Bertz CT molecular complexity index is 519. The smallest absolute Gasteiger partial charge is 0.240 e. The van der Waals surface area contributed by atoms with Gasteiger partial charge in [-0.3, -0.25) is 0 Å². The van der Waals surface area contributed by atoms with Crippen LogP contribution in [0.25, 0.3) is 0 Å². The number of aliphatic hydroxyl groups is 1. The molecule has 0 aliphatic carbocycles. The van der Waals surface area contributed by atoms with Crippen LogP contribution in [0.1, 0.15) is 33.6 Å². The molecule has 6 heteroatoms. The van der Waals surface area contributed by atoms with Gasteiger partial charge in [0.25, 0.3) is 0 Å². The van der Waals surface area contributed by atoms with Crippen LogP contribution >= 0.6 is 11.6 Å². The van der Waals surface area contributed by atoms with Crippen molar-refractivity contribution in [3.05, 3.63) is 30.3 Å². The standard InChI is InChI=1S/C15H24ClNO3S/c1-4-15(18)12(3)14(10-11(2)16)17-21(19,20)13-8-6-5-7-9-13/h5-9,11-12,14-15,17-18H,4,10H2,1-3H3/t11?,12-,14?,15-/m0/s1. The summed E-state index contributed by atoms with van der Waals surface area (Å²) in [5, 5.41) is 9.82. The van der Waals surface area contributed by atoms with Crippen LogP contribution < -0.4 is 4.72 Å². The fourth-order valence-corrected chi connectivity index (χ4v) is 3.78. The molecule has 120 valence electrons. The molecule has 0 bridgehead atoms. The third-order valence-electron chi connectivity index (χ3n) is 3.60. The zero-order valence-electron chi connectivity index (χ0n) is 12.7. The van der Waals surface area contributed by atoms with Gasteiger partial charge in [-0.05, 0) is 37.8 Å². The lowest BCUT2D eigenvalue weighted by Gasteiger charge is -2.29. The van der Waals surface area contributed by atoms with Crippen LogP contribution in [0.5, 0.6) is 0 Å². The Kier molecular flexibility index (Phi) is 7.13. The maximum atomic E-state index is 12.4. The summed E-state index contributed by atoms with van der Waals surface area (Å²) in [4.78, 5) is 0.218. The minimum Gasteiger partial charge on any atom is -0.393 e. The van der Waals surface area contributed by atoms with Crippen molar-refractivity contribution in [1.29, 1.82) is 0 Å². The van der Waals surface area contributed by atoms with Crippen LogP contribution in [0.15, 0.2) is 35.2 Å². The van der Waals surface area contributed by atoms with E-state index in [0.29, 0.717) is 12.8 Å². The van der Waals surface area contributed by atoms with E-state index in [1.807, 2.05) is 20.8 Å². The maximum Gasteiger partial charge on any atom is 0.240 e. The number of benzene rings is 1. The van der Waals surface area contributed by atoms with Crippen molar-refractivity contribution in [2.45, 2.75) is 56.0 Å². The molecule has 4 atom stereocenters. The zero-order valence-corrected chi connectivity index (χ0v) is 14.2. The average molecular weight is 334 g/mol. The highest BCUT2D eigenvalue weighted by Crippen LogP contribution is 2.20. The number of hydrogen-bond acceptors (Lipinski definition) is 3. The Hall–Kier alpha value is -0.620. The molecule has 0 aliphatic heterocycles. The normalized spacial score (nSPS) is 18.0. The zero-order chi connectivity index (χ0) is 16.0. The van der Waals surface area contributed by atoms with Crippen LogP contribution in [0, 0.1) is 5.92 Å². The molecule has 2 unspecified atom stereocenters. The van der Waals surface area contributed by atoms with Crippen LogP contribution in [-0.2, 0) is 10.0 Å². The fourth-order valence-electron chi connectivity index (χ4n) is 2.23. The number of alkyl halides is 1. The topological polar surface area (TPSA) is 66.4 Å².